The summed E-state index contributed by atoms with van der Waals surface area (Å²) >= 11 is 0. The molecule has 6 heterocycles. The van der Waals surface area contributed by atoms with Crippen molar-refractivity contribution in [2.45, 2.75) is 25.8 Å². The van der Waals surface area contributed by atoms with Crippen molar-refractivity contribution in [1.82, 2.24) is 35.0 Å². The second-order valence-corrected chi connectivity index (χ2v) is 9.34. The molecule has 8 heteroatoms. The number of pyridine rings is 3. The summed E-state index contributed by atoms with van der Waals surface area (Å²) in [5, 5.41) is 9.84. The number of aromatic nitrogens is 6. The lowest BCUT2D eigenvalue weighted by Crippen LogP contribution is -2.30. The molecule has 0 saturated carbocycles. The number of nitrogens with one attached hydrogen (secondary N) is 2. The molecule has 6 rings (SSSR count). The summed E-state index contributed by atoms with van der Waals surface area (Å²) in [6.07, 6.45) is 11.3. The van der Waals surface area contributed by atoms with Gasteiger partial charge in [-0.15, -0.1) is 0 Å². The highest BCUT2D eigenvalue weighted by Gasteiger charge is 2.18. The van der Waals surface area contributed by atoms with E-state index in [4.69, 9.17) is 4.98 Å². The van der Waals surface area contributed by atoms with E-state index in [1.807, 2.05) is 30.9 Å². The normalized spacial score (nSPS) is 14.5. The maximum Gasteiger partial charge on any atom is 0.155 e. The van der Waals surface area contributed by atoms with Crippen LogP contribution in [0.4, 0.5) is 5.82 Å². The van der Waals surface area contributed by atoms with Gasteiger partial charge in [-0.05, 0) is 63.2 Å². The number of fused-ring (bicyclic) bond motifs is 2. The molecule has 5 aromatic rings. The van der Waals surface area contributed by atoms with Gasteiger partial charge in [0.2, 0.25) is 0 Å². The SMILES string of the molecule is CN(C)Cc1cncc(-c2cnc3[nH]nc(-c4cc5c(N6CCCCC6)nccc5[nH]4)c3c2)c1. The Morgan fingerprint density at radius 3 is 2.65 bits per heavy atom. The van der Waals surface area contributed by atoms with E-state index in [1.165, 1.54) is 24.8 Å². The summed E-state index contributed by atoms with van der Waals surface area (Å²) < 4.78 is 0. The number of aromatic amines is 2. The van der Waals surface area contributed by atoms with Gasteiger partial charge >= 0.3 is 0 Å². The van der Waals surface area contributed by atoms with Crippen LogP contribution in [0.5, 0.6) is 0 Å². The Kier molecular flexibility index (Phi) is 5.22. The van der Waals surface area contributed by atoms with Gasteiger partial charge in [0.25, 0.3) is 0 Å². The Bertz CT molecular complexity index is 1460. The minimum Gasteiger partial charge on any atom is -0.356 e. The van der Waals surface area contributed by atoms with E-state index >= 15 is 0 Å². The monoisotopic (exact) mass is 452 g/mol. The molecule has 0 radical (unpaired) electrons. The Morgan fingerprint density at radius 1 is 0.941 bits per heavy atom. The molecular formula is C26H28N8. The van der Waals surface area contributed by atoms with Gasteiger partial charge in [0.15, 0.2) is 5.65 Å². The number of H-pyrrole nitrogens is 2. The van der Waals surface area contributed by atoms with Gasteiger partial charge in [0.1, 0.15) is 11.5 Å². The van der Waals surface area contributed by atoms with Crippen molar-refractivity contribution in [3.8, 4) is 22.5 Å². The fourth-order valence-corrected chi connectivity index (χ4v) is 4.89. The standard InChI is InChI=1S/C26H28N8/c1-33(2)16-17-10-18(14-27-13-17)19-11-21-24(31-32-25(21)29-15-19)23-12-20-22(30-23)6-7-28-26(20)34-8-4-3-5-9-34/h6-7,10-15,30H,3-5,8-9,16H2,1-2H3,(H,29,31,32). The first kappa shape index (κ1) is 20.8. The van der Waals surface area contributed by atoms with E-state index in [-0.39, 0.29) is 0 Å². The molecule has 2 N–H and O–H groups in total. The van der Waals surface area contributed by atoms with Crippen LogP contribution in [-0.2, 0) is 6.54 Å². The molecule has 0 atom stereocenters. The first-order chi connectivity index (χ1) is 16.7. The van der Waals surface area contributed by atoms with Crippen LogP contribution in [0.2, 0.25) is 0 Å². The van der Waals surface area contributed by atoms with Gasteiger partial charge < -0.3 is 14.8 Å². The highest BCUT2D eigenvalue weighted by atomic mass is 15.2. The lowest BCUT2D eigenvalue weighted by atomic mass is 10.1. The Balaban J connectivity index is 1.41. The summed E-state index contributed by atoms with van der Waals surface area (Å²) in [7, 11) is 4.12. The minimum atomic E-state index is 0.768. The topological polar surface area (TPSA) is 89.6 Å². The van der Waals surface area contributed by atoms with Crippen molar-refractivity contribution in [3.05, 3.63) is 54.6 Å². The second kappa shape index (κ2) is 8.53. The number of rotatable bonds is 5. The molecule has 8 nitrogen and oxygen atoms in total. The quantitative estimate of drug-likeness (QED) is 0.405. The number of hydrogen-bond donors (Lipinski definition) is 2. The Hall–Kier alpha value is -3.78. The van der Waals surface area contributed by atoms with E-state index in [1.54, 1.807) is 0 Å². The van der Waals surface area contributed by atoms with E-state index in [0.717, 1.165) is 69.9 Å². The molecule has 1 fully saturated rings. The van der Waals surface area contributed by atoms with Gasteiger partial charge in [0, 0.05) is 66.3 Å². The molecule has 1 saturated heterocycles. The molecule has 0 aliphatic carbocycles. The number of nitrogens with zero attached hydrogens (tertiary/aromatic N) is 6. The number of anilines is 1. The van der Waals surface area contributed by atoms with Crippen molar-refractivity contribution >= 4 is 27.8 Å². The van der Waals surface area contributed by atoms with Crippen molar-refractivity contribution in [1.29, 1.82) is 0 Å². The Morgan fingerprint density at radius 2 is 1.79 bits per heavy atom. The zero-order valence-corrected chi connectivity index (χ0v) is 19.5. The predicted octanol–water partition coefficient (Wildman–Crippen LogP) is 4.62. The van der Waals surface area contributed by atoms with Crippen molar-refractivity contribution in [2.24, 2.45) is 0 Å². The van der Waals surface area contributed by atoms with E-state index in [2.05, 4.69) is 67.2 Å². The number of hydrogen-bond acceptors (Lipinski definition) is 6. The maximum absolute atomic E-state index is 4.72. The van der Waals surface area contributed by atoms with E-state index < -0.39 is 0 Å². The molecular weight excluding hydrogens is 424 g/mol. The van der Waals surface area contributed by atoms with Gasteiger partial charge in [-0.1, -0.05) is 0 Å². The molecule has 0 bridgehead atoms. The average Bonchev–Trinajstić information content (AvgIpc) is 3.48. The third kappa shape index (κ3) is 3.80. The molecule has 34 heavy (non-hydrogen) atoms. The molecule has 172 valence electrons. The molecule has 0 amide bonds. The van der Waals surface area contributed by atoms with Gasteiger partial charge in [-0.3, -0.25) is 10.1 Å². The fraction of sp³-hybridized carbons (Fsp3) is 0.308. The first-order valence-electron chi connectivity index (χ1n) is 11.8. The summed E-state index contributed by atoms with van der Waals surface area (Å²) in [6.45, 7) is 2.97. The summed E-state index contributed by atoms with van der Waals surface area (Å²) in [4.78, 5) is 21.9. The van der Waals surface area contributed by atoms with Crippen LogP contribution in [0.15, 0.2) is 49.1 Å². The molecule has 0 aromatic carbocycles. The zero-order valence-electron chi connectivity index (χ0n) is 19.5. The third-order valence-corrected chi connectivity index (χ3v) is 6.48. The van der Waals surface area contributed by atoms with Gasteiger partial charge in [-0.2, -0.15) is 5.10 Å². The fourth-order valence-electron chi connectivity index (χ4n) is 4.89. The van der Waals surface area contributed by atoms with Crippen LogP contribution in [0.1, 0.15) is 24.8 Å². The molecule has 1 aliphatic heterocycles. The minimum absolute atomic E-state index is 0.768. The maximum atomic E-state index is 4.72. The lowest BCUT2D eigenvalue weighted by molar-refractivity contribution is 0.402. The first-order valence-corrected chi connectivity index (χ1v) is 11.8. The highest BCUT2D eigenvalue weighted by molar-refractivity contribution is 5.99. The number of piperidine rings is 1. The van der Waals surface area contributed by atoms with Crippen LogP contribution in [0.25, 0.3) is 44.5 Å². The second-order valence-electron chi connectivity index (χ2n) is 9.34. The summed E-state index contributed by atoms with van der Waals surface area (Å²) in [6, 6.07) is 8.53. The third-order valence-electron chi connectivity index (χ3n) is 6.48. The van der Waals surface area contributed by atoms with E-state index in [0.29, 0.717) is 0 Å². The zero-order chi connectivity index (χ0) is 23.1. The predicted molar refractivity (Wildman–Crippen MR) is 136 cm³/mol. The van der Waals surface area contributed by atoms with Crippen LogP contribution < -0.4 is 4.90 Å². The van der Waals surface area contributed by atoms with Gasteiger partial charge in [-0.25, -0.2) is 9.97 Å². The Labute approximate surface area is 198 Å². The largest absolute Gasteiger partial charge is 0.356 e. The van der Waals surface area contributed by atoms with Crippen LogP contribution in [-0.4, -0.2) is 62.2 Å². The van der Waals surface area contributed by atoms with Crippen molar-refractivity contribution in [2.75, 3.05) is 32.1 Å². The van der Waals surface area contributed by atoms with Gasteiger partial charge in [0.05, 0.1) is 11.2 Å². The molecule has 0 spiro atoms. The molecule has 1 aliphatic rings. The van der Waals surface area contributed by atoms with Crippen molar-refractivity contribution < 1.29 is 0 Å². The summed E-state index contributed by atoms with van der Waals surface area (Å²) in [5.41, 5.74) is 6.91. The van der Waals surface area contributed by atoms with Crippen LogP contribution >= 0.6 is 0 Å². The van der Waals surface area contributed by atoms with E-state index in [9.17, 15) is 0 Å². The molecule has 5 aromatic heterocycles. The smallest absolute Gasteiger partial charge is 0.155 e. The average molecular weight is 453 g/mol. The molecule has 0 unspecified atom stereocenters. The lowest BCUT2D eigenvalue weighted by Gasteiger charge is -2.28. The van der Waals surface area contributed by atoms with Crippen molar-refractivity contribution in [3.63, 3.8) is 0 Å². The van der Waals surface area contributed by atoms with Crippen LogP contribution in [0.3, 0.4) is 0 Å². The highest BCUT2D eigenvalue weighted by Crippen LogP contribution is 2.34. The van der Waals surface area contributed by atoms with Crippen LogP contribution in [0, 0.1) is 0 Å². The summed E-state index contributed by atoms with van der Waals surface area (Å²) in [5.74, 6) is 1.06.